The number of fused-ring (bicyclic) bond motifs is 2. The second-order valence-electron chi connectivity index (χ2n) is 7.90. The Kier molecular flexibility index (Phi) is 6.50. The Labute approximate surface area is 162 Å². The van der Waals surface area contributed by atoms with Crippen LogP contribution in [0.3, 0.4) is 0 Å². The predicted molar refractivity (Wildman–Crippen MR) is 100 cm³/mol. The van der Waals surface area contributed by atoms with Gasteiger partial charge in [-0.2, -0.15) is 15.8 Å². The molecule has 4 unspecified atom stereocenters. The Balaban J connectivity index is 2.33. The van der Waals surface area contributed by atoms with Crippen LogP contribution in [0, 0.1) is 56.2 Å². The normalized spacial score (nSPS) is 33.6. The molecular formula is C21H30N4O2. The summed E-state index contributed by atoms with van der Waals surface area (Å²) >= 11 is 0. The fourth-order valence-corrected chi connectivity index (χ4v) is 4.81. The van der Waals surface area contributed by atoms with Crippen molar-refractivity contribution in [2.24, 2.45) is 16.7 Å². The second-order valence-corrected chi connectivity index (χ2v) is 7.90. The van der Waals surface area contributed by atoms with E-state index in [0.29, 0.717) is 12.8 Å². The van der Waals surface area contributed by atoms with Crippen LogP contribution in [0.5, 0.6) is 0 Å². The van der Waals surface area contributed by atoms with Crippen LogP contribution in [0.2, 0.25) is 0 Å². The number of hydrogen-bond acceptors (Lipinski definition) is 6. The lowest BCUT2D eigenvalue weighted by molar-refractivity contribution is -0.272. The van der Waals surface area contributed by atoms with E-state index in [1.54, 1.807) is 6.92 Å². The molecule has 0 aromatic rings. The molecule has 2 aliphatic heterocycles. The molecule has 0 saturated carbocycles. The summed E-state index contributed by atoms with van der Waals surface area (Å²) in [7, 11) is 0. The maximum absolute atomic E-state index is 10.1. The molecule has 0 aromatic heterocycles. The van der Waals surface area contributed by atoms with E-state index >= 15 is 0 Å². The van der Waals surface area contributed by atoms with E-state index < -0.39 is 28.6 Å². The zero-order chi connectivity index (χ0) is 20.1. The summed E-state index contributed by atoms with van der Waals surface area (Å²) in [5.41, 5.74) is -3.30. The molecule has 27 heavy (non-hydrogen) atoms. The van der Waals surface area contributed by atoms with E-state index in [0.717, 1.165) is 25.7 Å². The van der Waals surface area contributed by atoms with Crippen molar-refractivity contribution < 1.29 is 9.47 Å². The Morgan fingerprint density at radius 3 is 2.11 bits per heavy atom. The summed E-state index contributed by atoms with van der Waals surface area (Å²) < 4.78 is 11.9. The molecule has 146 valence electrons. The second kappa shape index (κ2) is 8.28. The number of rotatable bonds is 9. The van der Waals surface area contributed by atoms with E-state index in [1.807, 2.05) is 6.92 Å². The summed E-state index contributed by atoms with van der Waals surface area (Å²) in [4.78, 5) is 0. The number of hydrogen-bond donors (Lipinski definition) is 1. The van der Waals surface area contributed by atoms with E-state index in [1.165, 1.54) is 19.3 Å². The van der Waals surface area contributed by atoms with Crippen molar-refractivity contribution in [1.29, 1.82) is 21.2 Å². The monoisotopic (exact) mass is 370 g/mol. The van der Waals surface area contributed by atoms with Crippen LogP contribution in [0.4, 0.5) is 0 Å². The third kappa shape index (κ3) is 3.09. The zero-order valence-electron chi connectivity index (χ0n) is 16.7. The minimum absolute atomic E-state index is 0.292. The van der Waals surface area contributed by atoms with Crippen LogP contribution in [0.25, 0.3) is 0 Å². The molecule has 1 N–H and O–H groups in total. The Morgan fingerprint density at radius 1 is 0.926 bits per heavy atom. The number of ether oxygens (including phenoxy) is 2. The third-order valence-electron chi connectivity index (χ3n) is 6.23. The van der Waals surface area contributed by atoms with Crippen LogP contribution in [-0.2, 0) is 9.47 Å². The first-order chi connectivity index (χ1) is 12.9. The van der Waals surface area contributed by atoms with Crippen molar-refractivity contribution in [2.75, 3.05) is 0 Å². The van der Waals surface area contributed by atoms with Gasteiger partial charge in [0, 0.05) is 6.92 Å². The minimum Gasteiger partial charge on any atom is -0.448 e. The molecule has 2 fully saturated rings. The molecule has 0 radical (unpaired) electrons. The molecule has 2 saturated heterocycles. The predicted octanol–water partition coefficient (Wildman–Crippen LogP) is 4.82. The summed E-state index contributed by atoms with van der Waals surface area (Å²) in [6, 6.07) is 6.39. The molecule has 6 nitrogen and oxygen atoms in total. The van der Waals surface area contributed by atoms with Crippen molar-refractivity contribution in [3.8, 4) is 18.2 Å². The van der Waals surface area contributed by atoms with Crippen LogP contribution in [0.1, 0.15) is 78.6 Å². The fourth-order valence-electron chi connectivity index (χ4n) is 4.81. The molecule has 0 amide bonds. The molecule has 2 bridgehead atoms. The summed E-state index contributed by atoms with van der Waals surface area (Å²) in [5.74, 6) is -1.93. The van der Waals surface area contributed by atoms with Crippen LogP contribution >= 0.6 is 0 Å². The maximum atomic E-state index is 10.1. The van der Waals surface area contributed by atoms with Gasteiger partial charge in [0.15, 0.2) is 10.8 Å². The first-order valence-electron chi connectivity index (χ1n) is 10.1. The van der Waals surface area contributed by atoms with E-state index in [4.69, 9.17) is 14.9 Å². The molecule has 0 spiro atoms. The smallest absolute Gasteiger partial charge is 0.214 e. The van der Waals surface area contributed by atoms with Crippen molar-refractivity contribution in [3.05, 3.63) is 0 Å². The highest BCUT2D eigenvalue weighted by Crippen LogP contribution is 2.64. The van der Waals surface area contributed by atoms with Gasteiger partial charge in [0.25, 0.3) is 0 Å². The standard InChI is InChI=1S/C21H30N4O2/c1-4-6-7-8-9-10-12-17-20(13-22,14-23)21(15-24)16(11-5-2)19(3,26-17)27-18(21)25/h16-17,25H,4-12H2,1-3H3. The number of nitrogens with zero attached hydrogens (tertiary/aromatic N) is 3. The van der Waals surface area contributed by atoms with Gasteiger partial charge in [-0.3, -0.25) is 5.41 Å². The van der Waals surface area contributed by atoms with Crippen LogP contribution in [-0.4, -0.2) is 17.8 Å². The van der Waals surface area contributed by atoms with Gasteiger partial charge in [0.2, 0.25) is 11.7 Å². The molecule has 0 aromatic carbocycles. The van der Waals surface area contributed by atoms with Gasteiger partial charge in [-0.1, -0.05) is 58.8 Å². The molecule has 2 aliphatic rings. The highest BCUT2D eigenvalue weighted by atomic mass is 16.7. The molecular weight excluding hydrogens is 340 g/mol. The quantitative estimate of drug-likeness (QED) is 0.584. The van der Waals surface area contributed by atoms with Gasteiger partial charge >= 0.3 is 0 Å². The van der Waals surface area contributed by atoms with Gasteiger partial charge in [0.1, 0.15) is 0 Å². The maximum Gasteiger partial charge on any atom is 0.214 e. The first-order valence-corrected chi connectivity index (χ1v) is 10.1. The molecule has 2 heterocycles. The molecule has 0 aliphatic carbocycles. The zero-order valence-corrected chi connectivity index (χ0v) is 16.7. The lowest BCUT2D eigenvalue weighted by Gasteiger charge is -2.48. The summed E-state index contributed by atoms with van der Waals surface area (Å²) in [6.45, 7) is 5.89. The van der Waals surface area contributed by atoms with Gasteiger partial charge in [-0.25, -0.2) is 0 Å². The number of unbranched alkanes of at least 4 members (excludes halogenated alkanes) is 5. The topological polar surface area (TPSA) is 114 Å². The third-order valence-corrected chi connectivity index (χ3v) is 6.23. The average molecular weight is 370 g/mol. The van der Waals surface area contributed by atoms with Crippen LogP contribution in [0.15, 0.2) is 0 Å². The highest BCUT2D eigenvalue weighted by Gasteiger charge is 2.78. The Bertz CT molecular complexity index is 672. The largest absolute Gasteiger partial charge is 0.448 e. The van der Waals surface area contributed by atoms with Gasteiger partial charge < -0.3 is 9.47 Å². The Hall–Kier alpha value is -2.10. The van der Waals surface area contributed by atoms with E-state index in [2.05, 4.69) is 25.1 Å². The first kappa shape index (κ1) is 21.2. The van der Waals surface area contributed by atoms with Gasteiger partial charge in [0.05, 0.1) is 30.2 Å². The molecule has 4 atom stereocenters. The van der Waals surface area contributed by atoms with E-state index in [9.17, 15) is 15.8 Å². The lowest BCUT2D eigenvalue weighted by Crippen LogP contribution is -2.61. The van der Waals surface area contributed by atoms with Gasteiger partial charge in [-0.05, 0) is 12.8 Å². The van der Waals surface area contributed by atoms with Crippen molar-refractivity contribution in [3.63, 3.8) is 0 Å². The molecule has 2 rings (SSSR count). The van der Waals surface area contributed by atoms with Gasteiger partial charge in [-0.15, -0.1) is 0 Å². The Morgan fingerprint density at radius 2 is 1.56 bits per heavy atom. The number of nitriles is 3. The minimum atomic E-state index is -1.72. The fraction of sp³-hybridized carbons (Fsp3) is 0.810. The van der Waals surface area contributed by atoms with E-state index in [-0.39, 0.29) is 5.90 Å². The highest BCUT2D eigenvalue weighted by molar-refractivity contribution is 5.89. The van der Waals surface area contributed by atoms with Crippen molar-refractivity contribution in [1.82, 2.24) is 0 Å². The SMILES string of the molecule is CCCCCCCCC1OC2(C)OC(=N)C(C#N)(C2CCC)C1(C#N)C#N. The van der Waals surface area contributed by atoms with Crippen LogP contribution < -0.4 is 0 Å². The summed E-state index contributed by atoms with van der Waals surface area (Å²) in [5, 5.41) is 38.5. The van der Waals surface area contributed by atoms with Crippen molar-refractivity contribution >= 4 is 5.90 Å². The summed E-state index contributed by atoms with van der Waals surface area (Å²) in [6.07, 6.45) is 7.58. The average Bonchev–Trinajstić information content (AvgIpc) is 2.82. The number of nitrogens with one attached hydrogen (secondary N) is 1. The lowest BCUT2D eigenvalue weighted by atomic mass is 9.53. The van der Waals surface area contributed by atoms with Crippen molar-refractivity contribution in [2.45, 2.75) is 90.4 Å². The molecule has 6 heteroatoms.